The van der Waals surface area contributed by atoms with Gasteiger partial charge in [-0.15, -0.1) is 0 Å². The summed E-state index contributed by atoms with van der Waals surface area (Å²) in [6, 6.07) is 6.27. The highest BCUT2D eigenvalue weighted by Crippen LogP contribution is 2.31. The van der Waals surface area contributed by atoms with E-state index in [9.17, 15) is 5.11 Å². The van der Waals surface area contributed by atoms with E-state index in [1.165, 1.54) is 5.56 Å². The second-order valence-corrected chi connectivity index (χ2v) is 5.06. The van der Waals surface area contributed by atoms with Gasteiger partial charge in [-0.2, -0.15) is 0 Å². The lowest BCUT2D eigenvalue weighted by molar-refractivity contribution is 0.201. The minimum Gasteiger partial charge on any atom is -0.396 e. The van der Waals surface area contributed by atoms with Crippen LogP contribution in [0.15, 0.2) is 24.5 Å². The maximum absolute atomic E-state index is 9.71. The summed E-state index contributed by atoms with van der Waals surface area (Å²) < 4.78 is 0. The van der Waals surface area contributed by atoms with Crippen molar-refractivity contribution in [2.75, 3.05) is 19.7 Å². The maximum atomic E-state index is 9.71. The molecule has 2 aromatic rings. The topological polar surface area (TPSA) is 60.9 Å². The second kappa shape index (κ2) is 5.08. The fourth-order valence-corrected chi connectivity index (χ4v) is 2.96. The summed E-state index contributed by atoms with van der Waals surface area (Å²) in [6.07, 6.45) is 4.01. The third-order valence-corrected chi connectivity index (χ3v) is 4.02. The van der Waals surface area contributed by atoms with E-state index in [4.69, 9.17) is 0 Å². The van der Waals surface area contributed by atoms with Crippen LogP contribution in [0.2, 0.25) is 0 Å². The van der Waals surface area contributed by atoms with Crippen molar-refractivity contribution < 1.29 is 5.11 Å². The molecule has 1 atom stereocenters. The molecule has 3 rings (SSSR count). The normalized spacial score (nSPS) is 19.2. The van der Waals surface area contributed by atoms with Gasteiger partial charge in [-0.1, -0.05) is 6.07 Å². The molecule has 4 heteroatoms. The summed E-state index contributed by atoms with van der Waals surface area (Å²) in [5.74, 6) is 0.830. The third-order valence-electron chi connectivity index (χ3n) is 4.02. The number of hydrogen-bond donors (Lipinski definition) is 3. The van der Waals surface area contributed by atoms with Gasteiger partial charge in [0.25, 0.3) is 0 Å². The number of benzene rings is 1. The molecule has 0 spiro atoms. The minimum atomic E-state index is 0.226. The van der Waals surface area contributed by atoms with Crippen LogP contribution in [0.4, 0.5) is 0 Å². The number of aliphatic hydroxyl groups is 1. The Hall–Kier alpha value is -1.39. The summed E-state index contributed by atoms with van der Waals surface area (Å²) in [5.41, 5.74) is 3.27. The van der Waals surface area contributed by atoms with Gasteiger partial charge in [0.2, 0.25) is 0 Å². The third kappa shape index (κ3) is 2.13. The number of hydrogen-bond acceptors (Lipinski definition) is 3. The van der Waals surface area contributed by atoms with Gasteiger partial charge in [0.15, 0.2) is 0 Å². The number of fused-ring (bicyclic) bond motifs is 1. The monoisotopic (exact) mass is 245 g/mol. The van der Waals surface area contributed by atoms with E-state index in [2.05, 4.69) is 27.4 Å². The number of aromatic amines is 1. The first-order chi connectivity index (χ1) is 8.88. The highest BCUT2D eigenvalue weighted by molar-refractivity contribution is 5.75. The lowest BCUT2D eigenvalue weighted by atomic mass is 9.81. The summed E-state index contributed by atoms with van der Waals surface area (Å²) in [7, 11) is 0. The molecular weight excluding hydrogens is 226 g/mol. The molecule has 1 aromatic carbocycles. The van der Waals surface area contributed by atoms with Gasteiger partial charge in [0.05, 0.1) is 24.0 Å². The molecule has 1 fully saturated rings. The van der Waals surface area contributed by atoms with Crippen LogP contribution in [0.25, 0.3) is 11.0 Å². The molecule has 0 saturated carbocycles. The van der Waals surface area contributed by atoms with Crippen LogP contribution in [0.5, 0.6) is 0 Å². The van der Waals surface area contributed by atoms with Crippen LogP contribution in [0.3, 0.4) is 0 Å². The second-order valence-electron chi connectivity index (χ2n) is 5.06. The summed E-state index contributed by atoms with van der Waals surface area (Å²) >= 11 is 0. The predicted molar refractivity (Wildman–Crippen MR) is 71.5 cm³/mol. The Balaban J connectivity index is 1.89. The zero-order valence-electron chi connectivity index (χ0n) is 10.4. The van der Waals surface area contributed by atoms with E-state index < -0.39 is 0 Å². The van der Waals surface area contributed by atoms with Crippen molar-refractivity contribution in [3.63, 3.8) is 0 Å². The van der Waals surface area contributed by atoms with Crippen LogP contribution in [-0.4, -0.2) is 34.8 Å². The first kappa shape index (κ1) is 11.7. The summed E-state index contributed by atoms with van der Waals surface area (Å²) in [6.45, 7) is 2.35. The number of nitrogens with one attached hydrogen (secondary N) is 2. The van der Waals surface area contributed by atoms with E-state index in [1.54, 1.807) is 6.33 Å². The molecule has 4 nitrogen and oxygen atoms in total. The molecule has 1 aromatic heterocycles. The zero-order valence-corrected chi connectivity index (χ0v) is 10.4. The molecule has 1 unspecified atom stereocenters. The van der Waals surface area contributed by atoms with Crippen molar-refractivity contribution in [1.82, 2.24) is 15.3 Å². The van der Waals surface area contributed by atoms with Crippen molar-refractivity contribution in [2.45, 2.75) is 18.8 Å². The molecular formula is C14H19N3O. The number of piperidine rings is 1. The highest BCUT2D eigenvalue weighted by Gasteiger charge is 2.24. The molecule has 0 aliphatic carbocycles. The summed E-state index contributed by atoms with van der Waals surface area (Å²) in [5, 5.41) is 13.1. The Morgan fingerprint density at radius 2 is 2.17 bits per heavy atom. The van der Waals surface area contributed by atoms with Crippen LogP contribution in [0.1, 0.15) is 24.3 Å². The van der Waals surface area contributed by atoms with Crippen molar-refractivity contribution in [1.29, 1.82) is 0 Å². The molecule has 96 valence electrons. The number of imidazole rings is 1. The Kier molecular flexibility index (Phi) is 3.30. The van der Waals surface area contributed by atoms with Gasteiger partial charge in [-0.3, -0.25) is 0 Å². The first-order valence-corrected chi connectivity index (χ1v) is 6.63. The maximum Gasteiger partial charge on any atom is 0.0931 e. The fraction of sp³-hybridized carbons (Fsp3) is 0.500. The quantitative estimate of drug-likeness (QED) is 0.770. The zero-order chi connectivity index (χ0) is 12.4. The average molecular weight is 245 g/mol. The highest BCUT2D eigenvalue weighted by atomic mass is 16.3. The van der Waals surface area contributed by atoms with Crippen LogP contribution in [0, 0.1) is 5.92 Å². The SMILES string of the molecule is OCC(c1ccc2nc[nH]c2c1)C1CCNCC1. The van der Waals surface area contributed by atoms with Gasteiger partial charge in [0.1, 0.15) is 0 Å². The van der Waals surface area contributed by atoms with Crippen LogP contribution in [-0.2, 0) is 0 Å². The molecule has 2 heterocycles. The van der Waals surface area contributed by atoms with Crippen LogP contribution >= 0.6 is 0 Å². The van der Waals surface area contributed by atoms with Gasteiger partial charge < -0.3 is 15.4 Å². The Bertz CT molecular complexity index is 516. The van der Waals surface area contributed by atoms with Gasteiger partial charge >= 0.3 is 0 Å². The lowest BCUT2D eigenvalue weighted by Gasteiger charge is -2.29. The van der Waals surface area contributed by atoms with Crippen molar-refractivity contribution in [2.24, 2.45) is 5.92 Å². The molecule has 1 aliphatic heterocycles. The molecule has 0 amide bonds. The molecule has 1 saturated heterocycles. The lowest BCUT2D eigenvalue weighted by Crippen LogP contribution is -2.32. The van der Waals surface area contributed by atoms with E-state index >= 15 is 0 Å². The number of rotatable bonds is 3. The van der Waals surface area contributed by atoms with E-state index in [-0.39, 0.29) is 12.5 Å². The van der Waals surface area contributed by atoms with Crippen LogP contribution < -0.4 is 5.32 Å². The Labute approximate surface area is 106 Å². The first-order valence-electron chi connectivity index (χ1n) is 6.63. The standard InChI is InChI=1S/C14H19N3O/c18-8-12(10-3-5-15-6-4-10)11-1-2-13-14(7-11)17-9-16-13/h1-2,7,9-10,12,15,18H,3-6,8H2,(H,16,17). The van der Waals surface area contributed by atoms with Crippen molar-refractivity contribution in [3.8, 4) is 0 Å². The molecule has 0 radical (unpaired) electrons. The predicted octanol–water partition coefficient (Wildman–Crippen LogP) is 1.64. The van der Waals surface area contributed by atoms with E-state index in [0.29, 0.717) is 5.92 Å². The van der Waals surface area contributed by atoms with Gasteiger partial charge in [-0.25, -0.2) is 4.98 Å². The average Bonchev–Trinajstić information content (AvgIpc) is 2.88. The molecule has 3 N–H and O–H groups in total. The van der Waals surface area contributed by atoms with Gasteiger partial charge in [-0.05, 0) is 49.5 Å². The number of aliphatic hydroxyl groups excluding tert-OH is 1. The molecule has 1 aliphatic rings. The number of nitrogens with zero attached hydrogens (tertiary/aromatic N) is 1. The Morgan fingerprint density at radius 3 is 2.94 bits per heavy atom. The minimum absolute atomic E-state index is 0.226. The Morgan fingerprint density at radius 1 is 1.33 bits per heavy atom. The summed E-state index contributed by atoms with van der Waals surface area (Å²) in [4.78, 5) is 7.37. The smallest absolute Gasteiger partial charge is 0.0931 e. The van der Waals surface area contributed by atoms with E-state index in [1.807, 2.05) is 6.07 Å². The fourth-order valence-electron chi connectivity index (χ4n) is 2.96. The largest absolute Gasteiger partial charge is 0.396 e. The van der Waals surface area contributed by atoms with Gasteiger partial charge in [0, 0.05) is 5.92 Å². The molecule has 18 heavy (non-hydrogen) atoms. The van der Waals surface area contributed by atoms with Crippen molar-refractivity contribution >= 4 is 11.0 Å². The van der Waals surface area contributed by atoms with Crippen molar-refractivity contribution in [3.05, 3.63) is 30.1 Å². The number of aromatic nitrogens is 2. The molecule has 0 bridgehead atoms. The van der Waals surface area contributed by atoms with E-state index in [0.717, 1.165) is 37.0 Å². The number of H-pyrrole nitrogens is 1.